The molecule has 1 atom stereocenters. The summed E-state index contributed by atoms with van der Waals surface area (Å²) in [6.07, 6.45) is 0.566. The Kier molecular flexibility index (Phi) is 5.78. The molecular weight excluding hydrogens is 266 g/mol. The highest BCUT2D eigenvalue weighted by Gasteiger charge is 2.12. The molecule has 0 spiro atoms. The van der Waals surface area contributed by atoms with E-state index in [2.05, 4.69) is 0 Å². The number of hydrogen-bond donors (Lipinski definition) is 1. The Morgan fingerprint density at radius 1 is 1.32 bits per heavy atom. The highest BCUT2D eigenvalue weighted by atomic mass is 32.2. The largest absolute Gasteiger partial charge is 0.497 e. The molecule has 108 valence electrons. The number of nitrogens with zero attached hydrogens (tertiary/aromatic N) is 1. The molecule has 0 saturated carbocycles. The van der Waals surface area contributed by atoms with Crippen molar-refractivity contribution in [3.05, 3.63) is 29.8 Å². The summed E-state index contributed by atoms with van der Waals surface area (Å²) < 4.78 is 27.2. The predicted molar refractivity (Wildman–Crippen MR) is 75.2 cm³/mol. The van der Waals surface area contributed by atoms with Gasteiger partial charge < -0.3 is 14.7 Å². The maximum atomic E-state index is 11.1. The van der Waals surface area contributed by atoms with Crippen LogP contribution in [0.1, 0.15) is 11.7 Å². The molecule has 5 nitrogen and oxygen atoms in total. The number of sulfone groups is 1. The second-order valence-electron chi connectivity index (χ2n) is 4.68. The van der Waals surface area contributed by atoms with Crippen LogP contribution in [0.3, 0.4) is 0 Å². The van der Waals surface area contributed by atoms with E-state index in [0.717, 1.165) is 11.3 Å². The van der Waals surface area contributed by atoms with E-state index in [0.29, 0.717) is 13.1 Å². The minimum absolute atomic E-state index is 0.0961. The first-order valence-corrected chi connectivity index (χ1v) is 8.06. The number of hydrogen-bond acceptors (Lipinski definition) is 5. The molecule has 0 amide bonds. The molecule has 19 heavy (non-hydrogen) atoms. The fourth-order valence-corrected chi connectivity index (χ4v) is 2.28. The lowest BCUT2D eigenvalue weighted by Crippen LogP contribution is -2.29. The SMILES string of the molecule is COc1ccc(C(O)CN(C)CCS(C)(=O)=O)cc1. The van der Waals surface area contributed by atoms with E-state index in [9.17, 15) is 13.5 Å². The van der Waals surface area contributed by atoms with Crippen molar-refractivity contribution in [3.8, 4) is 5.75 Å². The van der Waals surface area contributed by atoms with E-state index in [1.165, 1.54) is 6.26 Å². The van der Waals surface area contributed by atoms with Gasteiger partial charge in [-0.3, -0.25) is 0 Å². The predicted octanol–water partition coefficient (Wildman–Crippen LogP) is 0.705. The number of likely N-dealkylation sites (N-methyl/N-ethyl adjacent to an activating group) is 1. The smallest absolute Gasteiger partial charge is 0.148 e. The molecule has 1 rings (SSSR count). The van der Waals surface area contributed by atoms with Crippen LogP contribution in [0.4, 0.5) is 0 Å². The second-order valence-corrected chi connectivity index (χ2v) is 6.94. The lowest BCUT2D eigenvalue weighted by molar-refractivity contribution is 0.130. The van der Waals surface area contributed by atoms with Crippen LogP contribution in [0, 0.1) is 0 Å². The average molecular weight is 287 g/mol. The molecule has 0 aliphatic carbocycles. The van der Waals surface area contributed by atoms with E-state index in [1.807, 2.05) is 0 Å². The fourth-order valence-electron chi connectivity index (χ4n) is 1.64. The van der Waals surface area contributed by atoms with Gasteiger partial charge in [0.25, 0.3) is 0 Å². The van der Waals surface area contributed by atoms with E-state index in [4.69, 9.17) is 4.74 Å². The van der Waals surface area contributed by atoms with Gasteiger partial charge in [-0.25, -0.2) is 8.42 Å². The lowest BCUT2D eigenvalue weighted by Gasteiger charge is -2.20. The zero-order chi connectivity index (χ0) is 14.5. The van der Waals surface area contributed by atoms with Gasteiger partial charge in [0.15, 0.2) is 0 Å². The number of rotatable bonds is 7. The van der Waals surface area contributed by atoms with E-state index >= 15 is 0 Å². The molecule has 0 aliphatic rings. The molecule has 0 heterocycles. The number of aliphatic hydroxyl groups excluding tert-OH is 1. The van der Waals surface area contributed by atoms with Gasteiger partial charge in [0.05, 0.1) is 19.0 Å². The molecule has 0 aliphatic heterocycles. The lowest BCUT2D eigenvalue weighted by atomic mass is 10.1. The Bertz CT molecular complexity index is 484. The number of aliphatic hydroxyl groups is 1. The van der Waals surface area contributed by atoms with Crippen molar-refractivity contribution in [2.24, 2.45) is 0 Å². The maximum Gasteiger partial charge on any atom is 0.148 e. The van der Waals surface area contributed by atoms with Crippen molar-refractivity contribution in [1.82, 2.24) is 4.90 Å². The zero-order valence-electron chi connectivity index (χ0n) is 11.5. The molecule has 1 aromatic rings. The number of ether oxygens (including phenoxy) is 1. The molecule has 0 radical (unpaired) electrons. The monoisotopic (exact) mass is 287 g/mol. The summed E-state index contributed by atoms with van der Waals surface area (Å²) in [6.45, 7) is 0.800. The van der Waals surface area contributed by atoms with Gasteiger partial charge in [0, 0.05) is 19.3 Å². The third-order valence-electron chi connectivity index (χ3n) is 2.83. The Morgan fingerprint density at radius 3 is 2.37 bits per heavy atom. The van der Waals surface area contributed by atoms with Gasteiger partial charge in [-0.1, -0.05) is 12.1 Å². The van der Waals surface area contributed by atoms with Gasteiger partial charge in [-0.15, -0.1) is 0 Å². The summed E-state index contributed by atoms with van der Waals surface area (Å²) in [5.74, 6) is 0.833. The topological polar surface area (TPSA) is 66.8 Å². The standard InChI is InChI=1S/C13H21NO4S/c1-14(8-9-19(3,16)17)10-13(15)11-4-6-12(18-2)7-5-11/h4-7,13,15H,8-10H2,1-3H3. The summed E-state index contributed by atoms with van der Waals surface area (Å²) in [5.41, 5.74) is 0.784. The Balaban J connectivity index is 2.51. The number of benzene rings is 1. The third-order valence-corrected chi connectivity index (χ3v) is 3.75. The fraction of sp³-hybridized carbons (Fsp3) is 0.538. The van der Waals surface area contributed by atoms with Crippen LogP contribution < -0.4 is 4.74 Å². The molecule has 1 unspecified atom stereocenters. The minimum atomic E-state index is -2.97. The van der Waals surface area contributed by atoms with Crippen molar-refractivity contribution in [2.45, 2.75) is 6.10 Å². The van der Waals surface area contributed by atoms with Crippen LogP contribution in [0.15, 0.2) is 24.3 Å². The van der Waals surface area contributed by atoms with Crippen molar-refractivity contribution in [3.63, 3.8) is 0 Å². The minimum Gasteiger partial charge on any atom is -0.497 e. The average Bonchev–Trinajstić information content (AvgIpc) is 2.35. The molecule has 0 fully saturated rings. The Hall–Kier alpha value is -1.11. The van der Waals surface area contributed by atoms with Crippen molar-refractivity contribution in [2.75, 3.05) is 39.3 Å². The molecule has 1 N–H and O–H groups in total. The van der Waals surface area contributed by atoms with Crippen LogP contribution in [0.5, 0.6) is 5.75 Å². The van der Waals surface area contributed by atoms with Gasteiger partial charge in [0.2, 0.25) is 0 Å². The van der Waals surface area contributed by atoms with Gasteiger partial charge in [0.1, 0.15) is 15.6 Å². The quantitative estimate of drug-likeness (QED) is 0.800. The van der Waals surface area contributed by atoms with Crippen LogP contribution >= 0.6 is 0 Å². The molecule has 1 aromatic carbocycles. The van der Waals surface area contributed by atoms with Crippen LogP contribution in [0.2, 0.25) is 0 Å². The Labute approximate surface area is 114 Å². The van der Waals surface area contributed by atoms with E-state index in [1.54, 1.807) is 43.3 Å². The zero-order valence-corrected chi connectivity index (χ0v) is 12.4. The van der Waals surface area contributed by atoms with E-state index in [-0.39, 0.29) is 5.75 Å². The molecule has 0 bridgehead atoms. The van der Waals surface area contributed by atoms with Crippen molar-refractivity contribution in [1.29, 1.82) is 0 Å². The highest BCUT2D eigenvalue weighted by molar-refractivity contribution is 7.90. The molecule has 6 heteroatoms. The first-order valence-electron chi connectivity index (χ1n) is 6.00. The summed E-state index contributed by atoms with van der Waals surface area (Å²) in [7, 11) is 0.409. The summed E-state index contributed by atoms with van der Waals surface area (Å²) in [5, 5.41) is 10.1. The first-order chi connectivity index (χ1) is 8.81. The number of methoxy groups -OCH3 is 1. The molecule has 0 saturated heterocycles. The van der Waals surface area contributed by atoms with Crippen LogP contribution in [-0.4, -0.2) is 57.7 Å². The second kappa shape index (κ2) is 6.88. The van der Waals surface area contributed by atoms with Crippen LogP contribution in [0.25, 0.3) is 0 Å². The van der Waals surface area contributed by atoms with Crippen LogP contribution in [-0.2, 0) is 9.84 Å². The third kappa shape index (κ3) is 6.04. The Morgan fingerprint density at radius 2 is 1.89 bits per heavy atom. The molecule has 0 aromatic heterocycles. The summed E-state index contributed by atoms with van der Waals surface area (Å²) in [4.78, 5) is 1.80. The first kappa shape index (κ1) is 15.9. The summed E-state index contributed by atoms with van der Waals surface area (Å²) in [6, 6.07) is 7.17. The normalized spacial score (nSPS) is 13.5. The van der Waals surface area contributed by atoms with Crippen molar-refractivity contribution < 1.29 is 18.3 Å². The van der Waals surface area contributed by atoms with Gasteiger partial charge in [-0.2, -0.15) is 0 Å². The molecular formula is C13H21NO4S. The van der Waals surface area contributed by atoms with Gasteiger partial charge in [-0.05, 0) is 24.7 Å². The highest BCUT2D eigenvalue weighted by Crippen LogP contribution is 2.18. The van der Waals surface area contributed by atoms with Crippen molar-refractivity contribution >= 4 is 9.84 Å². The van der Waals surface area contributed by atoms with E-state index < -0.39 is 15.9 Å². The maximum absolute atomic E-state index is 11.1. The summed E-state index contributed by atoms with van der Waals surface area (Å²) >= 11 is 0. The van der Waals surface area contributed by atoms with Gasteiger partial charge >= 0.3 is 0 Å².